The van der Waals surface area contributed by atoms with E-state index in [4.69, 9.17) is 9.84 Å². The average Bonchev–Trinajstić information content (AvgIpc) is 2.48. The van der Waals surface area contributed by atoms with Gasteiger partial charge in [-0.3, -0.25) is 4.79 Å². The number of carbonyl (C=O) groups is 2. The Morgan fingerprint density at radius 3 is 2.55 bits per heavy atom. The second-order valence-corrected chi connectivity index (χ2v) is 4.86. The van der Waals surface area contributed by atoms with Gasteiger partial charge in [0.15, 0.2) is 6.04 Å². The number of hydrogen-bond acceptors (Lipinski definition) is 3. The third-order valence-corrected chi connectivity index (χ3v) is 3.52. The lowest BCUT2D eigenvalue weighted by Crippen LogP contribution is -2.53. The SMILES string of the molecule is CCc1ccc(CC(=O)N2CCOC[C@H]2C(=O)O)cc1. The van der Waals surface area contributed by atoms with Crippen molar-refractivity contribution in [2.24, 2.45) is 0 Å². The molecule has 2 rings (SSSR count). The van der Waals surface area contributed by atoms with Crippen LogP contribution in [0.2, 0.25) is 0 Å². The first kappa shape index (κ1) is 14.5. The molecule has 0 spiro atoms. The highest BCUT2D eigenvalue weighted by atomic mass is 16.5. The number of carboxylic acid groups (broad SMARTS) is 1. The molecule has 1 atom stereocenters. The molecule has 0 saturated carbocycles. The maximum absolute atomic E-state index is 12.2. The predicted molar refractivity (Wildman–Crippen MR) is 73.5 cm³/mol. The molecule has 1 fully saturated rings. The summed E-state index contributed by atoms with van der Waals surface area (Å²) in [6, 6.07) is 6.97. The Morgan fingerprint density at radius 1 is 1.30 bits per heavy atom. The van der Waals surface area contributed by atoms with Crippen molar-refractivity contribution in [3.63, 3.8) is 0 Å². The summed E-state index contributed by atoms with van der Waals surface area (Å²) in [6.07, 6.45) is 1.19. The first-order chi connectivity index (χ1) is 9.61. The highest BCUT2D eigenvalue weighted by Gasteiger charge is 2.32. The number of amides is 1. The number of rotatable bonds is 4. The summed E-state index contributed by atoms with van der Waals surface area (Å²) in [7, 11) is 0. The Balaban J connectivity index is 2.03. The van der Waals surface area contributed by atoms with Crippen molar-refractivity contribution in [1.82, 2.24) is 4.90 Å². The zero-order valence-electron chi connectivity index (χ0n) is 11.5. The molecule has 1 N–H and O–H groups in total. The van der Waals surface area contributed by atoms with Crippen molar-refractivity contribution < 1.29 is 19.4 Å². The number of hydrogen-bond donors (Lipinski definition) is 1. The number of carboxylic acids is 1. The fraction of sp³-hybridized carbons (Fsp3) is 0.467. The predicted octanol–water partition coefficient (Wildman–Crippen LogP) is 1.10. The molecule has 5 heteroatoms. The van der Waals surface area contributed by atoms with E-state index in [-0.39, 0.29) is 18.9 Å². The van der Waals surface area contributed by atoms with Crippen LogP contribution in [0.15, 0.2) is 24.3 Å². The summed E-state index contributed by atoms with van der Waals surface area (Å²) >= 11 is 0. The van der Waals surface area contributed by atoms with Gasteiger partial charge >= 0.3 is 5.97 Å². The number of ether oxygens (including phenoxy) is 1. The van der Waals surface area contributed by atoms with Crippen molar-refractivity contribution in [2.75, 3.05) is 19.8 Å². The Labute approximate surface area is 118 Å². The van der Waals surface area contributed by atoms with Crippen LogP contribution in [-0.4, -0.2) is 47.7 Å². The van der Waals surface area contributed by atoms with Gasteiger partial charge in [0, 0.05) is 6.54 Å². The average molecular weight is 277 g/mol. The smallest absolute Gasteiger partial charge is 0.328 e. The Hall–Kier alpha value is -1.88. The van der Waals surface area contributed by atoms with Crippen LogP contribution in [0.5, 0.6) is 0 Å². The van der Waals surface area contributed by atoms with Gasteiger partial charge in [-0.15, -0.1) is 0 Å². The van der Waals surface area contributed by atoms with E-state index < -0.39 is 12.0 Å². The van der Waals surface area contributed by atoms with Crippen molar-refractivity contribution in [2.45, 2.75) is 25.8 Å². The minimum atomic E-state index is -1.01. The van der Waals surface area contributed by atoms with E-state index in [1.54, 1.807) is 0 Å². The Kier molecular flexibility index (Phi) is 4.74. The molecule has 108 valence electrons. The molecule has 20 heavy (non-hydrogen) atoms. The quantitative estimate of drug-likeness (QED) is 0.895. The number of aryl methyl sites for hydroxylation is 1. The second kappa shape index (κ2) is 6.52. The number of aliphatic carboxylic acids is 1. The highest BCUT2D eigenvalue weighted by Crippen LogP contribution is 2.12. The summed E-state index contributed by atoms with van der Waals surface area (Å²) < 4.78 is 5.13. The molecule has 1 heterocycles. The molecule has 0 bridgehead atoms. The molecule has 5 nitrogen and oxygen atoms in total. The lowest BCUT2D eigenvalue weighted by atomic mass is 10.1. The van der Waals surface area contributed by atoms with Crippen LogP contribution in [-0.2, 0) is 27.2 Å². The largest absolute Gasteiger partial charge is 0.480 e. The zero-order chi connectivity index (χ0) is 14.5. The van der Waals surface area contributed by atoms with Crippen LogP contribution in [0.1, 0.15) is 18.1 Å². The van der Waals surface area contributed by atoms with Crippen LogP contribution in [0.25, 0.3) is 0 Å². The highest BCUT2D eigenvalue weighted by molar-refractivity contribution is 5.85. The van der Waals surface area contributed by atoms with Gasteiger partial charge in [-0.2, -0.15) is 0 Å². The number of benzene rings is 1. The van der Waals surface area contributed by atoms with Gasteiger partial charge < -0.3 is 14.7 Å². The Bertz CT molecular complexity index is 483. The first-order valence-electron chi connectivity index (χ1n) is 6.79. The zero-order valence-corrected chi connectivity index (χ0v) is 11.5. The van der Waals surface area contributed by atoms with Crippen LogP contribution in [0.4, 0.5) is 0 Å². The number of nitrogens with zero attached hydrogens (tertiary/aromatic N) is 1. The molecule has 0 aliphatic carbocycles. The monoisotopic (exact) mass is 277 g/mol. The minimum absolute atomic E-state index is 0.0653. The van der Waals surface area contributed by atoms with Gasteiger partial charge in [0.1, 0.15) is 0 Å². The topological polar surface area (TPSA) is 66.8 Å². The Morgan fingerprint density at radius 2 is 1.95 bits per heavy atom. The summed E-state index contributed by atoms with van der Waals surface area (Å²) in [5.74, 6) is -1.18. The van der Waals surface area contributed by atoms with Gasteiger partial charge in [0.05, 0.1) is 19.6 Å². The maximum Gasteiger partial charge on any atom is 0.328 e. The van der Waals surface area contributed by atoms with E-state index in [9.17, 15) is 9.59 Å². The van der Waals surface area contributed by atoms with Crippen molar-refractivity contribution in [3.05, 3.63) is 35.4 Å². The molecular formula is C15H19NO4. The summed E-state index contributed by atoms with van der Waals surface area (Å²) in [5.41, 5.74) is 2.12. The van der Waals surface area contributed by atoms with Gasteiger partial charge in [0.2, 0.25) is 5.91 Å². The molecule has 1 aliphatic heterocycles. The molecule has 1 aromatic rings. The lowest BCUT2D eigenvalue weighted by Gasteiger charge is -2.32. The van der Waals surface area contributed by atoms with E-state index in [1.807, 2.05) is 24.3 Å². The van der Waals surface area contributed by atoms with E-state index in [2.05, 4.69) is 6.92 Å². The first-order valence-corrected chi connectivity index (χ1v) is 6.79. The molecule has 1 aromatic carbocycles. The number of carbonyl (C=O) groups excluding carboxylic acids is 1. The molecule has 1 saturated heterocycles. The molecule has 0 unspecified atom stereocenters. The second-order valence-electron chi connectivity index (χ2n) is 4.86. The maximum atomic E-state index is 12.2. The summed E-state index contributed by atoms with van der Waals surface area (Å²) in [4.78, 5) is 24.8. The summed E-state index contributed by atoms with van der Waals surface area (Å²) in [6.45, 7) is 2.87. The normalized spacial score (nSPS) is 18.9. The summed E-state index contributed by atoms with van der Waals surface area (Å²) in [5, 5.41) is 9.12. The van der Waals surface area contributed by atoms with Gasteiger partial charge in [-0.25, -0.2) is 4.79 Å². The standard InChI is InChI=1S/C15H19NO4/c1-2-11-3-5-12(6-4-11)9-14(17)16-7-8-20-10-13(16)15(18)19/h3-6,13H,2,7-10H2,1H3,(H,18,19)/t13-/m0/s1. The van der Waals surface area contributed by atoms with E-state index >= 15 is 0 Å². The van der Waals surface area contributed by atoms with Crippen LogP contribution >= 0.6 is 0 Å². The van der Waals surface area contributed by atoms with Crippen molar-refractivity contribution in [3.8, 4) is 0 Å². The fourth-order valence-corrected chi connectivity index (χ4v) is 2.28. The number of morpholine rings is 1. The minimum Gasteiger partial charge on any atom is -0.480 e. The van der Waals surface area contributed by atoms with E-state index in [1.165, 1.54) is 10.5 Å². The molecular weight excluding hydrogens is 258 g/mol. The van der Waals surface area contributed by atoms with Crippen molar-refractivity contribution >= 4 is 11.9 Å². The third kappa shape index (κ3) is 3.36. The van der Waals surface area contributed by atoms with Crippen LogP contribution in [0, 0.1) is 0 Å². The molecule has 1 aliphatic rings. The molecule has 1 amide bonds. The van der Waals surface area contributed by atoms with Crippen molar-refractivity contribution in [1.29, 1.82) is 0 Å². The van der Waals surface area contributed by atoms with Gasteiger partial charge in [-0.1, -0.05) is 31.2 Å². The fourth-order valence-electron chi connectivity index (χ4n) is 2.28. The molecule has 0 radical (unpaired) electrons. The third-order valence-electron chi connectivity index (χ3n) is 3.52. The van der Waals surface area contributed by atoms with E-state index in [0.717, 1.165) is 12.0 Å². The van der Waals surface area contributed by atoms with Crippen LogP contribution < -0.4 is 0 Å². The van der Waals surface area contributed by atoms with Crippen LogP contribution in [0.3, 0.4) is 0 Å². The lowest BCUT2D eigenvalue weighted by molar-refractivity contribution is -0.158. The molecule has 0 aromatic heterocycles. The van der Waals surface area contributed by atoms with Gasteiger partial charge in [-0.05, 0) is 17.5 Å². The van der Waals surface area contributed by atoms with Gasteiger partial charge in [0.25, 0.3) is 0 Å². The van der Waals surface area contributed by atoms with E-state index in [0.29, 0.717) is 13.2 Å².